The maximum absolute atomic E-state index is 10.7. The SMILES string of the molecule is O=C([O-])COc1cccc(CC2CCCC2c2nc(-c3ccccc3)c(-c3ccccc3)o2)c1. The van der Waals surface area contributed by atoms with Crippen LogP contribution in [0.15, 0.2) is 89.3 Å². The maximum Gasteiger partial charge on any atom is 0.198 e. The van der Waals surface area contributed by atoms with Crippen LogP contribution in [0.2, 0.25) is 0 Å². The van der Waals surface area contributed by atoms with Gasteiger partial charge in [0.2, 0.25) is 0 Å². The number of benzene rings is 3. The number of hydrogen-bond acceptors (Lipinski definition) is 5. The number of ether oxygens (including phenoxy) is 1. The molecule has 0 saturated heterocycles. The predicted molar refractivity (Wildman–Crippen MR) is 128 cm³/mol. The topological polar surface area (TPSA) is 75.4 Å². The van der Waals surface area contributed by atoms with Gasteiger partial charge >= 0.3 is 0 Å². The molecule has 3 aromatic carbocycles. The number of aliphatic carboxylic acids is 1. The number of carbonyl (C=O) groups excluding carboxylic acids is 1. The van der Waals surface area contributed by atoms with Crippen LogP contribution in [0.3, 0.4) is 0 Å². The monoisotopic (exact) mass is 452 g/mol. The molecule has 0 amide bonds. The number of oxazole rings is 1. The molecule has 0 bridgehead atoms. The first-order chi connectivity index (χ1) is 16.7. The fourth-order valence-electron chi connectivity index (χ4n) is 4.89. The minimum Gasteiger partial charge on any atom is -0.546 e. The third-order valence-electron chi connectivity index (χ3n) is 6.46. The van der Waals surface area contributed by atoms with Gasteiger partial charge in [-0.25, -0.2) is 4.98 Å². The number of carboxylic acid groups (broad SMARTS) is 1. The van der Waals surface area contributed by atoms with Gasteiger partial charge in [0.25, 0.3) is 0 Å². The second-order valence-corrected chi connectivity index (χ2v) is 8.77. The third-order valence-corrected chi connectivity index (χ3v) is 6.46. The standard InChI is InChI=1S/C29H27NO4/c31-26(32)19-33-24-15-7-9-20(18-24)17-23-14-8-16-25(23)29-30-27(21-10-3-1-4-11-21)28(34-29)22-12-5-2-6-13-22/h1-7,9-13,15,18,23,25H,8,14,16-17,19H2,(H,31,32)/p-1. The molecule has 1 saturated carbocycles. The summed E-state index contributed by atoms with van der Waals surface area (Å²) in [5, 5.41) is 10.7. The molecule has 0 aliphatic heterocycles. The second kappa shape index (κ2) is 9.96. The molecule has 2 atom stereocenters. The summed E-state index contributed by atoms with van der Waals surface area (Å²) in [6.07, 6.45) is 4.11. The van der Waals surface area contributed by atoms with E-state index in [4.69, 9.17) is 14.1 Å². The van der Waals surface area contributed by atoms with E-state index in [2.05, 4.69) is 30.3 Å². The molecule has 5 rings (SSSR count). The van der Waals surface area contributed by atoms with Crippen molar-refractivity contribution in [2.75, 3.05) is 6.61 Å². The zero-order chi connectivity index (χ0) is 23.3. The van der Waals surface area contributed by atoms with Crippen LogP contribution in [0, 0.1) is 5.92 Å². The van der Waals surface area contributed by atoms with Crippen molar-refractivity contribution in [3.05, 3.63) is 96.4 Å². The first-order valence-electron chi connectivity index (χ1n) is 11.7. The molecule has 5 heteroatoms. The van der Waals surface area contributed by atoms with Crippen molar-refractivity contribution in [1.29, 1.82) is 0 Å². The van der Waals surface area contributed by atoms with Crippen molar-refractivity contribution >= 4 is 5.97 Å². The minimum atomic E-state index is -1.23. The number of carboxylic acids is 1. The largest absolute Gasteiger partial charge is 0.546 e. The van der Waals surface area contributed by atoms with Gasteiger partial charge in [0, 0.05) is 17.0 Å². The Morgan fingerprint density at radius 3 is 2.41 bits per heavy atom. The third kappa shape index (κ3) is 4.88. The number of rotatable bonds is 8. The van der Waals surface area contributed by atoms with Crippen molar-refractivity contribution in [3.63, 3.8) is 0 Å². The highest BCUT2D eigenvalue weighted by Gasteiger charge is 2.33. The van der Waals surface area contributed by atoms with E-state index in [1.807, 2.05) is 48.5 Å². The molecule has 34 heavy (non-hydrogen) atoms. The molecular formula is C29H26NO4-. The lowest BCUT2D eigenvalue weighted by atomic mass is 9.89. The van der Waals surface area contributed by atoms with E-state index in [-0.39, 0.29) is 5.92 Å². The molecule has 5 nitrogen and oxygen atoms in total. The Bertz CT molecular complexity index is 1190. The van der Waals surface area contributed by atoms with E-state index in [1.54, 1.807) is 6.07 Å². The highest BCUT2D eigenvalue weighted by atomic mass is 16.5. The Kier molecular flexibility index (Phi) is 6.43. The van der Waals surface area contributed by atoms with Crippen molar-refractivity contribution < 1.29 is 19.1 Å². The van der Waals surface area contributed by atoms with E-state index in [0.29, 0.717) is 11.7 Å². The average molecular weight is 453 g/mol. The maximum atomic E-state index is 10.7. The summed E-state index contributed by atoms with van der Waals surface area (Å²) in [4.78, 5) is 15.8. The van der Waals surface area contributed by atoms with E-state index in [0.717, 1.165) is 59.7 Å². The Labute approximate surface area is 199 Å². The van der Waals surface area contributed by atoms with Crippen molar-refractivity contribution in [2.24, 2.45) is 5.92 Å². The van der Waals surface area contributed by atoms with Crippen LogP contribution < -0.4 is 9.84 Å². The summed E-state index contributed by atoms with van der Waals surface area (Å²) in [6.45, 7) is -0.448. The summed E-state index contributed by atoms with van der Waals surface area (Å²) in [7, 11) is 0. The first kappa shape index (κ1) is 22.0. The fourth-order valence-corrected chi connectivity index (χ4v) is 4.89. The smallest absolute Gasteiger partial charge is 0.198 e. The molecule has 1 fully saturated rings. The first-order valence-corrected chi connectivity index (χ1v) is 11.7. The molecule has 172 valence electrons. The van der Waals surface area contributed by atoms with Gasteiger partial charge in [0.1, 0.15) is 18.1 Å². The van der Waals surface area contributed by atoms with Crippen LogP contribution in [0.5, 0.6) is 5.75 Å². The summed E-state index contributed by atoms with van der Waals surface area (Å²) >= 11 is 0. The summed E-state index contributed by atoms with van der Waals surface area (Å²) in [6, 6.07) is 28.0. The van der Waals surface area contributed by atoms with Crippen LogP contribution in [0.25, 0.3) is 22.6 Å². The highest BCUT2D eigenvalue weighted by molar-refractivity contribution is 5.76. The minimum absolute atomic E-state index is 0.229. The van der Waals surface area contributed by atoms with Gasteiger partial charge in [0.15, 0.2) is 11.7 Å². The Morgan fingerprint density at radius 1 is 0.941 bits per heavy atom. The molecular weight excluding hydrogens is 426 g/mol. The molecule has 0 N–H and O–H groups in total. The second-order valence-electron chi connectivity index (χ2n) is 8.77. The van der Waals surface area contributed by atoms with Gasteiger partial charge in [-0.1, -0.05) is 79.2 Å². The summed E-state index contributed by atoms with van der Waals surface area (Å²) in [5.74, 6) is 1.54. The van der Waals surface area contributed by atoms with E-state index < -0.39 is 12.6 Å². The number of aromatic nitrogens is 1. The van der Waals surface area contributed by atoms with Crippen LogP contribution in [0.1, 0.15) is 36.6 Å². The zero-order valence-corrected chi connectivity index (χ0v) is 18.9. The van der Waals surface area contributed by atoms with Crippen molar-refractivity contribution in [3.8, 4) is 28.3 Å². The number of carbonyl (C=O) groups is 1. The van der Waals surface area contributed by atoms with Crippen molar-refractivity contribution in [1.82, 2.24) is 4.98 Å². The van der Waals surface area contributed by atoms with Crippen LogP contribution in [-0.2, 0) is 11.2 Å². The molecule has 1 aliphatic rings. The molecule has 0 spiro atoms. The van der Waals surface area contributed by atoms with Gasteiger partial charge in [-0.3, -0.25) is 0 Å². The lowest BCUT2D eigenvalue weighted by molar-refractivity contribution is -0.307. The van der Waals surface area contributed by atoms with Crippen molar-refractivity contribution in [2.45, 2.75) is 31.6 Å². The van der Waals surface area contributed by atoms with Gasteiger partial charge in [-0.2, -0.15) is 0 Å². The van der Waals surface area contributed by atoms with Gasteiger partial charge < -0.3 is 19.1 Å². The van der Waals surface area contributed by atoms with Crippen LogP contribution >= 0.6 is 0 Å². The lowest BCUT2D eigenvalue weighted by Gasteiger charge is -2.17. The van der Waals surface area contributed by atoms with Gasteiger partial charge in [-0.05, 0) is 42.9 Å². The summed E-state index contributed by atoms with van der Waals surface area (Å²) in [5.41, 5.74) is 4.06. The molecule has 2 unspecified atom stereocenters. The van der Waals surface area contributed by atoms with Gasteiger partial charge in [0.05, 0.1) is 5.97 Å². The Balaban J connectivity index is 1.43. The number of hydrogen-bond donors (Lipinski definition) is 0. The molecule has 1 aromatic heterocycles. The lowest BCUT2D eigenvalue weighted by Crippen LogP contribution is -2.28. The molecule has 0 radical (unpaired) electrons. The normalized spacial score (nSPS) is 17.5. The quantitative estimate of drug-likeness (QED) is 0.364. The predicted octanol–water partition coefficient (Wildman–Crippen LogP) is 5.26. The highest BCUT2D eigenvalue weighted by Crippen LogP contribution is 2.44. The van der Waals surface area contributed by atoms with E-state index in [9.17, 15) is 9.90 Å². The zero-order valence-electron chi connectivity index (χ0n) is 18.9. The van der Waals surface area contributed by atoms with Crippen LogP contribution in [0.4, 0.5) is 0 Å². The van der Waals surface area contributed by atoms with Gasteiger partial charge in [-0.15, -0.1) is 0 Å². The fraction of sp³-hybridized carbons (Fsp3) is 0.241. The summed E-state index contributed by atoms with van der Waals surface area (Å²) < 4.78 is 11.8. The van der Waals surface area contributed by atoms with E-state index >= 15 is 0 Å². The Hall–Kier alpha value is -3.86. The van der Waals surface area contributed by atoms with Crippen LogP contribution in [-0.4, -0.2) is 17.6 Å². The Morgan fingerprint density at radius 2 is 1.68 bits per heavy atom. The molecule has 1 heterocycles. The van der Waals surface area contributed by atoms with E-state index in [1.165, 1.54) is 0 Å². The molecule has 4 aromatic rings. The molecule has 1 aliphatic carbocycles. The average Bonchev–Trinajstić information content (AvgIpc) is 3.51. The number of nitrogens with zero attached hydrogens (tertiary/aromatic N) is 1.